The van der Waals surface area contributed by atoms with Crippen LogP contribution in [0.15, 0.2) is 48.5 Å². The largest absolute Gasteiger partial charge is 0.306 e. The summed E-state index contributed by atoms with van der Waals surface area (Å²) in [7, 11) is 0. The lowest BCUT2D eigenvalue weighted by molar-refractivity contribution is 0.0985. The molecule has 0 aromatic heterocycles. The Hall–Kier alpha value is -2.23. The first-order chi connectivity index (χ1) is 11.1. The van der Waals surface area contributed by atoms with Gasteiger partial charge in [-0.15, -0.1) is 0 Å². The second kappa shape index (κ2) is 8.42. The van der Waals surface area contributed by atoms with Crippen LogP contribution in [0, 0.1) is 11.6 Å². The second-order valence-corrected chi connectivity index (χ2v) is 5.48. The Bertz CT molecular complexity index is 643. The molecule has 2 aromatic carbocycles. The summed E-state index contributed by atoms with van der Waals surface area (Å²) in [4.78, 5) is 14.1. The van der Waals surface area contributed by atoms with Crippen molar-refractivity contribution in [3.8, 4) is 0 Å². The van der Waals surface area contributed by atoms with E-state index in [1.165, 1.54) is 17.0 Å². The van der Waals surface area contributed by atoms with E-state index in [1.54, 1.807) is 24.3 Å². The number of unbranched alkanes of at least 4 members (excludes halogenated alkanes) is 3. The van der Waals surface area contributed by atoms with Crippen LogP contribution in [0.25, 0.3) is 0 Å². The predicted octanol–water partition coefficient (Wildman–Crippen LogP) is 5.19. The summed E-state index contributed by atoms with van der Waals surface area (Å²) >= 11 is 0. The van der Waals surface area contributed by atoms with E-state index >= 15 is 0 Å². The van der Waals surface area contributed by atoms with Crippen molar-refractivity contribution in [2.24, 2.45) is 0 Å². The van der Waals surface area contributed by atoms with Gasteiger partial charge in [0.15, 0.2) is 0 Å². The van der Waals surface area contributed by atoms with Crippen LogP contribution in [0.1, 0.15) is 43.0 Å². The van der Waals surface area contributed by atoms with Gasteiger partial charge in [-0.1, -0.05) is 44.4 Å². The summed E-state index contributed by atoms with van der Waals surface area (Å²) in [6.07, 6.45) is 3.90. The van der Waals surface area contributed by atoms with Crippen molar-refractivity contribution in [1.29, 1.82) is 0 Å². The quantitative estimate of drug-likeness (QED) is 0.643. The Morgan fingerprint density at radius 1 is 1.00 bits per heavy atom. The van der Waals surface area contributed by atoms with Gasteiger partial charge in [0.2, 0.25) is 0 Å². The molecule has 0 unspecified atom stereocenters. The molecule has 2 rings (SSSR count). The standard InChI is InChI=1S/C19H21F2NO/c1-2-3-4-8-13-22(18-12-11-16(20)14-17(18)21)19(23)15-9-6-5-7-10-15/h5-7,9-12,14H,2-4,8,13H2,1H3. The van der Waals surface area contributed by atoms with Gasteiger partial charge in [0.25, 0.3) is 5.91 Å². The third-order valence-corrected chi connectivity index (χ3v) is 3.70. The van der Waals surface area contributed by atoms with Gasteiger partial charge in [0.1, 0.15) is 11.6 Å². The normalized spacial score (nSPS) is 10.6. The zero-order valence-electron chi connectivity index (χ0n) is 13.3. The Balaban J connectivity index is 2.25. The lowest BCUT2D eigenvalue weighted by Gasteiger charge is -2.23. The molecular weight excluding hydrogens is 296 g/mol. The van der Waals surface area contributed by atoms with Crippen LogP contribution in [0.4, 0.5) is 14.5 Å². The van der Waals surface area contributed by atoms with Gasteiger partial charge in [0.05, 0.1) is 5.69 Å². The molecule has 0 saturated heterocycles. The zero-order valence-corrected chi connectivity index (χ0v) is 13.3. The molecule has 122 valence electrons. The number of amides is 1. The number of carbonyl (C=O) groups excluding carboxylic acids is 1. The van der Waals surface area contributed by atoms with Crippen molar-refractivity contribution in [2.75, 3.05) is 11.4 Å². The van der Waals surface area contributed by atoms with Gasteiger partial charge >= 0.3 is 0 Å². The molecule has 4 heteroatoms. The Labute approximate surface area is 135 Å². The van der Waals surface area contributed by atoms with E-state index in [9.17, 15) is 13.6 Å². The molecule has 0 heterocycles. The summed E-state index contributed by atoms with van der Waals surface area (Å²) in [5.74, 6) is -1.64. The maximum atomic E-state index is 14.1. The zero-order chi connectivity index (χ0) is 16.7. The third-order valence-electron chi connectivity index (χ3n) is 3.70. The van der Waals surface area contributed by atoms with Crippen molar-refractivity contribution < 1.29 is 13.6 Å². The van der Waals surface area contributed by atoms with Crippen molar-refractivity contribution in [2.45, 2.75) is 32.6 Å². The molecule has 0 aliphatic carbocycles. The number of carbonyl (C=O) groups is 1. The molecule has 0 radical (unpaired) electrons. The van der Waals surface area contributed by atoms with Gasteiger partial charge < -0.3 is 4.90 Å². The van der Waals surface area contributed by atoms with E-state index in [0.717, 1.165) is 31.7 Å². The van der Waals surface area contributed by atoms with Crippen LogP contribution in [0.3, 0.4) is 0 Å². The van der Waals surface area contributed by atoms with Crippen molar-refractivity contribution in [1.82, 2.24) is 0 Å². The van der Waals surface area contributed by atoms with Gasteiger partial charge in [0, 0.05) is 18.2 Å². The minimum Gasteiger partial charge on any atom is -0.306 e. The fraction of sp³-hybridized carbons (Fsp3) is 0.316. The highest BCUT2D eigenvalue weighted by Crippen LogP contribution is 2.23. The fourth-order valence-corrected chi connectivity index (χ4v) is 2.46. The van der Waals surface area contributed by atoms with E-state index in [0.29, 0.717) is 12.1 Å². The number of nitrogens with zero attached hydrogens (tertiary/aromatic N) is 1. The summed E-state index contributed by atoms with van der Waals surface area (Å²) in [6, 6.07) is 12.1. The SMILES string of the molecule is CCCCCCN(C(=O)c1ccccc1)c1ccc(F)cc1F. The minimum absolute atomic E-state index is 0.122. The van der Waals surface area contributed by atoms with Crippen LogP contribution in [0.2, 0.25) is 0 Å². The lowest BCUT2D eigenvalue weighted by Crippen LogP contribution is -2.32. The molecular formula is C19H21F2NO. The van der Waals surface area contributed by atoms with Gasteiger partial charge in [-0.05, 0) is 30.7 Å². The lowest BCUT2D eigenvalue weighted by atomic mass is 10.1. The molecule has 2 aromatic rings. The maximum Gasteiger partial charge on any atom is 0.258 e. The highest BCUT2D eigenvalue weighted by Gasteiger charge is 2.20. The van der Waals surface area contributed by atoms with Crippen LogP contribution in [-0.4, -0.2) is 12.5 Å². The van der Waals surface area contributed by atoms with Gasteiger partial charge in [-0.3, -0.25) is 4.79 Å². The third kappa shape index (κ3) is 4.62. The fourth-order valence-electron chi connectivity index (χ4n) is 2.46. The minimum atomic E-state index is -0.718. The predicted molar refractivity (Wildman–Crippen MR) is 88.6 cm³/mol. The molecule has 0 fully saturated rings. The molecule has 0 aliphatic rings. The summed E-state index contributed by atoms with van der Waals surface area (Å²) in [5.41, 5.74) is 0.614. The highest BCUT2D eigenvalue weighted by atomic mass is 19.1. The molecule has 0 saturated carbocycles. The van der Waals surface area contributed by atoms with Crippen molar-refractivity contribution in [3.05, 3.63) is 65.7 Å². The molecule has 0 atom stereocenters. The Morgan fingerprint density at radius 2 is 1.74 bits per heavy atom. The molecule has 0 bridgehead atoms. The molecule has 0 N–H and O–H groups in total. The summed E-state index contributed by atoms with van der Waals surface area (Å²) < 4.78 is 27.3. The Kier molecular flexibility index (Phi) is 6.27. The first-order valence-corrected chi connectivity index (χ1v) is 7.95. The average molecular weight is 317 g/mol. The van der Waals surface area contributed by atoms with Gasteiger partial charge in [-0.25, -0.2) is 8.78 Å². The molecule has 0 spiro atoms. The van der Waals surface area contributed by atoms with E-state index in [-0.39, 0.29) is 11.6 Å². The number of halogens is 2. The van der Waals surface area contributed by atoms with Crippen molar-refractivity contribution >= 4 is 11.6 Å². The van der Waals surface area contributed by atoms with E-state index in [4.69, 9.17) is 0 Å². The topological polar surface area (TPSA) is 20.3 Å². The van der Waals surface area contributed by atoms with E-state index in [2.05, 4.69) is 6.92 Å². The average Bonchev–Trinajstić information content (AvgIpc) is 2.56. The second-order valence-electron chi connectivity index (χ2n) is 5.48. The molecule has 0 aliphatic heterocycles. The molecule has 2 nitrogen and oxygen atoms in total. The van der Waals surface area contributed by atoms with Crippen LogP contribution < -0.4 is 4.90 Å². The monoisotopic (exact) mass is 317 g/mol. The first kappa shape index (κ1) is 17.1. The van der Waals surface area contributed by atoms with Crippen molar-refractivity contribution in [3.63, 3.8) is 0 Å². The number of benzene rings is 2. The number of anilines is 1. The number of hydrogen-bond acceptors (Lipinski definition) is 1. The maximum absolute atomic E-state index is 14.1. The van der Waals surface area contributed by atoms with E-state index < -0.39 is 11.6 Å². The molecule has 23 heavy (non-hydrogen) atoms. The highest BCUT2D eigenvalue weighted by molar-refractivity contribution is 6.06. The summed E-state index contributed by atoms with van der Waals surface area (Å²) in [5, 5.41) is 0. The van der Waals surface area contributed by atoms with E-state index in [1.807, 2.05) is 6.07 Å². The van der Waals surface area contributed by atoms with Crippen LogP contribution in [-0.2, 0) is 0 Å². The smallest absolute Gasteiger partial charge is 0.258 e. The van der Waals surface area contributed by atoms with Gasteiger partial charge in [-0.2, -0.15) is 0 Å². The Morgan fingerprint density at radius 3 is 2.39 bits per heavy atom. The number of hydrogen-bond donors (Lipinski definition) is 0. The molecule has 1 amide bonds. The van der Waals surface area contributed by atoms with Crippen LogP contribution >= 0.6 is 0 Å². The summed E-state index contributed by atoms with van der Waals surface area (Å²) in [6.45, 7) is 2.52. The van der Waals surface area contributed by atoms with Crippen LogP contribution in [0.5, 0.6) is 0 Å². The number of rotatable bonds is 7. The first-order valence-electron chi connectivity index (χ1n) is 7.95.